The number of likely N-dealkylation sites (tertiary alicyclic amines) is 1. The Kier molecular flexibility index (Phi) is 7.51. The molecule has 0 atom stereocenters. The van der Waals surface area contributed by atoms with Crippen LogP contribution in [-0.4, -0.2) is 75.1 Å². The Labute approximate surface area is 206 Å². The molecule has 0 radical (unpaired) electrons. The van der Waals surface area contributed by atoms with Gasteiger partial charge in [0.25, 0.3) is 5.91 Å². The molecule has 2 saturated heterocycles. The van der Waals surface area contributed by atoms with E-state index in [0.29, 0.717) is 56.1 Å². The second-order valence-electron chi connectivity index (χ2n) is 8.85. The van der Waals surface area contributed by atoms with E-state index in [4.69, 9.17) is 21.1 Å². The van der Waals surface area contributed by atoms with Gasteiger partial charge in [-0.2, -0.15) is 0 Å². The minimum Gasteiger partial charge on any atom is -0.496 e. The molecule has 2 aliphatic rings. The first-order chi connectivity index (χ1) is 16.4. The molecule has 2 aromatic carbocycles. The molecule has 0 unspecified atom stereocenters. The molecule has 2 heterocycles. The van der Waals surface area contributed by atoms with E-state index in [2.05, 4.69) is 11.8 Å². The lowest BCUT2D eigenvalue weighted by molar-refractivity contribution is -0.137. The Bertz CT molecular complexity index is 1020. The first-order valence-corrected chi connectivity index (χ1v) is 12.1. The fourth-order valence-electron chi connectivity index (χ4n) is 4.90. The van der Waals surface area contributed by atoms with Crippen molar-refractivity contribution in [3.63, 3.8) is 0 Å². The Morgan fingerprint density at radius 2 is 1.50 bits per heavy atom. The van der Waals surface area contributed by atoms with Crippen molar-refractivity contribution in [3.8, 4) is 11.5 Å². The van der Waals surface area contributed by atoms with Gasteiger partial charge in [0.2, 0.25) is 5.91 Å². The van der Waals surface area contributed by atoms with Crippen molar-refractivity contribution >= 4 is 29.1 Å². The lowest BCUT2D eigenvalue weighted by atomic mass is 9.94. The number of nitrogens with zero attached hydrogens (tertiary/aromatic N) is 3. The number of hydrogen-bond donors (Lipinski definition) is 0. The summed E-state index contributed by atoms with van der Waals surface area (Å²) in [7, 11) is 3.09. The van der Waals surface area contributed by atoms with Crippen LogP contribution in [0.1, 0.15) is 28.8 Å². The molecule has 8 heteroatoms. The number of amides is 2. The number of hydrogen-bond acceptors (Lipinski definition) is 5. The number of ether oxygens (including phenoxy) is 2. The largest absolute Gasteiger partial charge is 0.496 e. The highest BCUT2D eigenvalue weighted by Crippen LogP contribution is 2.32. The Hall–Kier alpha value is -2.93. The van der Waals surface area contributed by atoms with Crippen LogP contribution >= 0.6 is 11.6 Å². The fourth-order valence-corrected chi connectivity index (χ4v) is 5.07. The molecule has 7 nitrogen and oxygen atoms in total. The fraction of sp³-hybridized carbons (Fsp3) is 0.462. The van der Waals surface area contributed by atoms with Gasteiger partial charge in [0, 0.05) is 55.9 Å². The van der Waals surface area contributed by atoms with E-state index in [1.54, 1.807) is 37.3 Å². The first-order valence-electron chi connectivity index (χ1n) is 11.7. The van der Waals surface area contributed by atoms with Crippen LogP contribution in [0.3, 0.4) is 0 Å². The van der Waals surface area contributed by atoms with Crippen molar-refractivity contribution in [1.29, 1.82) is 0 Å². The van der Waals surface area contributed by atoms with Crippen LogP contribution < -0.4 is 14.4 Å². The molecule has 0 N–H and O–H groups in total. The summed E-state index contributed by atoms with van der Waals surface area (Å²) in [4.78, 5) is 32.5. The van der Waals surface area contributed by atoms with Gasteiger partial charge in [-0.05, 0) is 49.6 Å². The predicted octanol–water partition coefficient (Wildman–Crippen LogP) is 3.87. The zero-order chi connectivity index (χ0) is 24.2. The number of anilines is 1. The van der Waals surface area contributed by atoms with Gasteiger partial charge in [-0.1, -0.05) is 23.7 Å². The van der Waals surface area contributed by atoms with Crippen LogP contribution in [0.5, 0.6) is 11.5 Å². The zero-order valence-corrected chi connectivity index (χ0v) is 20.8. The highest BCUT2D eigenvalue weighted by atomic mass is 35.5. The van der Waals surface area contributed by atoms with Gasteiger partial charge < -0.3 is 24.2 Å². The minimum atomic E-state index is -0.120. The van der Waals surface area contributed by atoms with Crippen LogP contribution in [0.25, 0.3) is 0 Å². The smallest absolute Gasteiger partial charge is 0.261 e. The van der Waals surface area contributed by atoms with Gasteiger partial charge in [-0.15, -0.1) is 0 Å². The first kappa shape index (κ1) is 24.2. The van der Waals surface area contributed by atoms with Crippen molar-refractivity contribution in [2.75, 3.05) is 58.4 Å². The van der Waals surface area contributed by atoms with Crippen LogP contribution in [0, 0.1) is 12.8 Å². The summed E-state index contributed by atoms with van der Waals surface area (Å²) in [5, 5.41) is 0.728. The summed E-state index contributed by atoms with van der Waals surface area (Å²) in [5.41, 5.74) is 2.76. The number of carbonyl (C=O) groups excluding carboxylic acids is 2. The zero-order valence-electron chi connectivity index (χ0n) is 20.1. The van der Waals surface area contributed by atoms with Gasteiger partial charge in [0.05, 0.1) is 14.2 Å². The van der Waals surface area contributed by atoms with Crippen LogP contribution in [0.15, 0.2) is 36.4 Å². The van der Waals surface area contributed by atoms with Crippen LogP contribution in [0.2, 0.25) is 5.02 Å². The third-order valence-electron chi connectivity index (χ3n) is 6.88. The quantitative estimate of drug-likeness (QED) is 0.643. The molecular weight excluding hydrogens is 454 g/mol. The average Bonchev–Trinajstić information content (AvgIpc) is 2.89. The number of halogens is 1. The van der Waals surface area contributed by atoms with E-state index in [1.165, 1.54) is 5.56 Å². The maximum atomic E-state index is 13.2. The molecule has 34 heavy (non-hydrogen) atoms. The molecule has 4 rings (SSSR count). The highest BCUT2D eigenvalue weighted by molar-refractivity contribution is 6.30. The monoisotopic (exact) mass is 485 g/mol. The number of piperazine rings is 1. The number of rotatable bonds is 5. The van der Waals surface area contributed by atoms with E-state index >= 15 is 0 Å². The van der Waals surface area contributed by atoms with Gasteiger partial charge in [0.15, 0.2) is 0 Å². The Morgan fingerprint density at radius 3 is 2.09 bits per heavy atom. The number of carbonyl (C=O) groups is 2. The van der Waals surface area contributed by atoms with Gasteiger partial charge in [0.1, 0.15) is 17.1 Å². The molecule has 0 aliphatic carbocycles. The molecule has 0 spiro atoms. The van der Waals surface area contributed by atoms with Crippen molar-refractivity contribution in [1.82, 2.24) is 9.80 Å². The van der Waals surface area contributed by atoms with Crippen molar-refractivity contribution in [2.45, 2.75) is 19.8 Å². The molecule has 182 valence electrons. The van der Waals surface area contributed by atoms with E-state index in [1.807, 2.05) is 23.1 Å². The maximum Gasteiger partial charge on any atom is 0.261 e. The minimum absolute atomic E-state index is 0.0527. The third-order valence-corrected chi connectivity index (χ3v) is 7.11. The number of methoxy groups -OCH3 is 2. The summed E-state index contributed by atoms with van der Waals surface area (Å²) >= 11 is 6.19. The van der Waals surface area contributed by atoms with E-state index < -0.39 is 0 Å². The van der Waals surface area contributed by atoms with E-state index in [0.717, 1.165) is 23.8 Å². The second kappa shape index (κ2) is 10.6. The molecule has 0 saturated carbocycles. The molecule has 2 fully saturated rings. The average molecular weight is 486 g/mol. The molecule has 0 bridgehead atoms. The predicted molar refractivity (Wildman–Crippen MR) is 133 cm³/mol. The Morgan fingerprint density at radius 1 is 0.882 bits per heavy atom. The molecule has 2 aliphatic heterocycles. The lowest BCUT2D eigenvalue weighted by Crippen LogP contribution is -2.52. The molecular formula is C26H32ClN3O4. The lowest BCUT2D eigenvalue weighted by Gasteiger charge is -2.40. The van der Waals surface area contributed by atoms with E-state index in [9.17, 15) is 9.59 Å². The van der Waals surface area contributed by atoms with Crippen LogP contribution in [0.4, 0.5) is 5.69 Å². The third kappa shape index (κ3) is 4.94. The molecule has 2 aromatic rings. The summed E-state index contributed by atoms with van der Waals surface area (Å²) in [5.74, 6) is 1.02. The number of benzene rings is 2. The second-order valence-corrected chi connectivity index (χ2v) is 9.28. The van der Waals surface area contributed by atoms with Gasteiger partial charge in [-0.25, -0.2) is 0 Å². The standard InChI is InChI=1S/C26H32ClN3O4/c1-18-7-8-20(27)17-21(18)28-13-15-30(16-14-28)25(31)19-9-11-29(12-10-19)26(32)24-22(33-2)5-4-6-23(24)34-3/h4-8,17,19H,9-16H2,1-3H3. The summed E-state index contributed by atoms with van der Waals surface area (Å²) in [6.07, 6.45) is 1.32. The summed E-state index contributed by atoms with van der Waals surface area (Å²) in [6.45, 7) is 6.13. The normalized spacial score (nSPS) is 17.0. The van der Waals surface area contributed by atoms with Crippen molar-refractivity contribution in [2.24, 2.45) is 5.92 Å². The topological polar surface area (TPSA) is 62.3 Å². The van der Waals surface area contributed by atoms with Crippen LogP contribution in [-0.2, 0) is 4.79 Å². The van der Waals surface area contributed by atoms with E-state index in [-0.39, 0.29) is 17.7 Å². The van der Waals surface area contributed by atoms with Crippen molar-refractivity contribution in [3.05, 3.63) is 52.5 Å². The van der Waals surface area contributed by atoms with Gasteiger partial charge >= 0.3 is 0 Å². The number of piperidine rings is 1. The SMILES string of the molecule is COc1cccc(OC)c1C(=O)N1CCC(C(=O)N2CCN(c3cc(Cl)ccc3C)CC2)CC1. The molecule has 2 amide bonds. The summed E-state index contributed by atoms with van der Waals surface area (Å²) < 4.78 is 10.8. The molecule has 0 aromatic heterocycles. The highest BCUT2D eigenvalue weighted by Gasteiger charge is 2.33. The van der Waals surface area contributed by atoms with Gasteiger partial charge in [-0.3, -0.25) is 9.59 Å². The van der Waals surface area contributed by atoms with Crippen molar-refractivity contribution < 1.29 is 19.1 Å². The Balaban J connectivity index is 1.33. The number of aryl methyl sites for hydroxylation is 1. The summed E-state index contributed by atoms with van der Waals surface area (Å²) in [6, 6.07) is 11.3. The maximum absolute atomic E-state index is 13.2.